The molecule has 1 N–H and O–H groups in total. The van der Waals surface area contributed by atoms with E-state index >= 15 is 0 Å². The second kappa shape index (κ2) is 5.63. The van der Waals surface area contributed by atoms with Crippen molar-refractivity contribution in [1.82, 2.24) is 0 Å². The third kappa shape index (κ3) is 2.97. The summed E-state index contributed by atoms with van der Waals surface area (Å²) in [5, 5.41) is 2.70. The highest BCUT2D eigenvalue weighted by atomic mass is 79.9. The number of carbonyl (C=O) groups excluding carboxylic acids is 1. The number of halogens is 3. The van der Waals surface area contributed by atoms with Crippen molar-refractivity contribution in [2.75, 3.05) is 5.32 Å². The molecule has 2 aromatic carbocycles. The fourth-order valence-corrected chi connectivity index (χ4v) is 2.12. The Bertz CT molecular complexity index is 584. The Balaban J connectivity index is 2.22. The van der Waals surface area contributed by atoms with Crippen molar-refractivity contribution < 1.29 is 9.18 Å². The monoisotopic (exact) mass is 371 g/mol. The van der Waals surface area contributed by atoms with E-state index in [9.17, 15) is 9.18 Å². The summed E-state index contributed by atoms with van der Waals surface area (Å²) in [4.78, 5) is 12.0. The van der Waals surface area contributed by atoms with E-state index in [-0.39, 0.29) is 15.9 Å². The molecule has 0 fully saturated rings. The molecule has 0 bridgehead atoms. The van der Waals surface area contributed by atoms with Gasteiger partial charge in [-0.25, -0.2) is 4.39 Å². The molecule has 0 spiro atoms. The smallest absolute Gasteiger partial charge is 0.256 e. The predicted octanol–water partition coefficient (Wildman–Crippen LogP) is 4.60. The topological polar surface area (TPSA) is 29.1 Å². The summed E-state index contributed by atoms with van der Waals surface area (Å²) in [7, 11) is 0. The van der Waals surface area contributed by atoms with Crippen molar-refractivity contribution in [2.45, 2.75) is 0 Å². The predicted molar refractivity (Wildman–Crippen MR) is 76.2 cm³/mol. The minimum Gasteiger partial charge on any atom is -0.322 e. The third-order valence-corrected chi connectivity index (χ3v) is 3.63. The average molecular weight is 373 g/mol. The molecule has 2 rings (SSSR count). The van der Waals surface area contributed by atoms with Gasteiger partial charge in [0.15, 0.2) is 0 Å². The lowest BCUT2D eigenvalue weighted by Gasteiger charge is -2.07. The van der Waals surface area contributed by atoms with Crippen LogP contribution in [0.2, 0.25) is 0 Å². The second-order valence-electron chi connectivity index (χ2n) is 3.56. The van der Waals surface area contributed by atoms with Crippen LogP contribution in [0.25, 0.3) is 0 Å². The summed E-state index contributed by atoms with van der Waals surface area (Å²) in [5.74, 6) is -0.817. The summed E-state index contributed by atoms with van der Waals surface area (Å²) in [5.41, 5.74) is 0.914. The van der Waals surface area contributed by atoms with Gasteiger partial charge in [0.1, 0.15) is 5.82 Å². The molecule has 2 aromatic rings. The van der Waals surface area contributed by atoms with Gasteiger partial charge in [-0.05, 0) is 52.3 Å². The first kappa shape index (κ1) is 13.2. The minimum atomic E-state index is -0.460. The van der Waals surface area contributed by atoms with Crippen molar-refractivity contribution in [3.8, 4) is 0 Å². The molecule has 92 valence electrons. The van der Waals surface area contributed by atoms with Crippen LogP contribution in [0, 0.1) is 5.82 Å². The zero-order chi connectivity index (χ0) is 13.1. The fourth-order valence-electron chi connectivity index (χ4n) is 1.41. The lowest BCUT2D eigenvalue weighted by Crippen LogP contribution is -2.12. The van der Waals surface area contributed by atoms with Crippen LogP contribution >= 0.6 is 31.9 Å². The largest absolute Gasteiger partial charge is 0.322 e. The van der Waals surface area contributed by atoms with E-state index in [1.165, 1.54) is 12.1 Å². The van der Waals surface area contributed by atoms with E-state index in [4.69, 9.17) is 0 Å². The van der Waals surface area contributed by atoms with Gasteiger partial charge in [0.25, 0.3) is 5.91 Å². The summed E-state index contributed by atoms with van der Waals surface area (Å²) in [6, 6.07) is 11.5. The Hall–Kier alpha value is -1.20. The van der Waals surface area contributed by atoms with Gasteiger partial charge in [-0.15, -0.1) is 0 Å². The zero-order valence-corrected chi connectivity index (χ0v) is 12.3. The van der Waals surface area contributed by atoms with Gasteiger partial charge in [0, 0.05) is 10.2 Å². The van der Waals surface area contributed by atoms with Crippen LogP contribution in [-0.4, -0.2) is 5.91 Å². The number of benzene rings is 2. The Morgan fingerprint density at radius 1 is 1.06 bits per heavy atom. The van der Waals surface area contributed by atoms with E-state index in [0.717, 1.165) is 4.47 Å². The lowest BCUT2D eigenvalue weighted by atomic mass is 10.2. The molecule has 0 aliphatic heterocycles. The first-order valence-corrected chi connectivity index (χ1v) is 6.67. The number of carbonyl (C=O) groups is 1. The molecule has 1 amide bonds. The van der Waals surface area contributed by atoms with Crippen molar-refractivity contribution >= 4 is 43.5 Å². The third-order valence-electron chi connectivity index (χ3n) is 2.30. The molecule has 0 radical (unpaired) electrons. The average Bonchev–Trinajstić information content (AvgIpc) is 2.35. The first-order chi connectivity index (χ1) is 8.58. The van der Waals surface area contributed by atoms with Crippen molar-refractivity contribution in [3.05, 3.63) is 62.8 Å². The van der Waals surface area contributed by atoms with Gasteiger partial charge in [-0.2, -0.15) is 0 Å². The molecule has 0 aliphatic rings. The molecule has 0 saturated carbocycles. The molecule has 5 heteroatoms. The van der Waals surface area contributed by atoms with Crippen molar-refractivity contribution in [1.29, 1.82) is 0 Å². The van der Waals surface area contributed by atoms with Gasteiger partial charge in [-0.3, -0.25) is 4.79 Å². The Labute approximate surface area is 120 Å². The standard InChI is InChI=1S/C13H8Br2FNO/c14-8-4-6-9(7-5-8)17-13(18)10-2-1-3-11(16)12(10)15/h1-7H,(H,17,18). The fraction of sp³-hybridized carbons (Fsp3) is 0. The number of nitrogens with one attached hydrogen (secondary N) is 1. The Kier molecular flexibility index (Phi) is 4.14. The van der Waals surface area contributed by atoms with Crippen molar-refractivity contribution in [3.63, 3.8) is 0 Å². The normalized spacial score (nSPS) is 10.2. The number of rotatable bonds is 2. The van der Waals surface area contributed by atoms with Gasteiger partial charge < -0.3 is 5.32 Å². The van der Waals surface area contributed by atoms with E-state index in [1.54, 1.807) is 18.2 Å². The van der Waals surface area contributed by atoms with Crippen LogP contribution < -0.4 is 5.32 Å². The maximum absolute atomic E-state index is 13.3. The summed E-state index contributed by atoms with van der Waals surface area (Å²) >= 11 is 6.37. The molecule has 0 saturated heterocycles. The SMILES string of the molecule is O=C(Nc1ccc(Br)cc1)c1cccc(F)c1Br. The van der Waals surface area contributed by atoms with Crippen LogP contribution in [0.3, 0.4) is 0 Å². The van der Waals surface area contributed by atoms with E-state index in [1.807, 2.05) is 12.1 Å². The van der Waals surface area contributed by atoms with Crippen molar-refractivity contribution in [2.24, 2.45) is 0 Å². The molecular weight excluding hydrogens is 365 g/mol. The maximum atomic E-state index is 13.3. The van der Waals surface area contributed by atoms with Gasteiger partial charge in [0.05, 0.1) is 10.0 Å². The summed E-state index contributed by atoms with van der Waals surface area (Å²) in [6.45, 7) is 0. The Morgan fingerprint density at radius 3 is 2.39 bits per heavy atom. The number of anilines is 1. The second-order valence-corrected chi connectivity index (χ2v) is 5.27. The summed E-state index contributed by atoms with van der Waals surface area (Å²) < 4.78 is 14.4. The van der Waals surface area contributed by atoms with E-state index < -0.39 is 5.82 Å². The molecule has 0 unspecified atom stereocenters. The number of hydrogen-bond donors (Lipinski definition) is 1. The first-order valence-electron chi connectivity index (χ1n) is 5.09. The van der Waals surface area contributed by atoms with Crippen LogP contribution in [0.5, 0.6) is 0 Å². The number of hydrogen-bond acceptors (Lipinski definition) is 1. The highest BCUT2D eigenvalue weighted by molar-refractivity contribution is 9.10. The lowest BCUT2D eigenvalue weighted by molar-refractivity contribution is 0.102. The zero-order valence-electron chi connectivity index (χ0n) is 9.08. The van der Waals surface area contributed by atoms with Crippen LogP contribution in [0.15, 0.2) is 51.4 Å². The minimum absolute atomic E-state index is 0.166. The van der Waals surface area contributed by atoms with Crippen LogP contribution in [0.1, 0.15) is 10.4 Å². The quantitative estimate of drug-likeness (QED) is 0.819. The van der Waals surface area contributed by atoms with Crippen LogP contribution in [-0.2, 0) is 0 Å². The summed E-state index contributed by atoms with van der Waals surface area (Å²) in [6.07, 6.45) is 0. The van der Waals surface area contributed by atoms with Crippen LogP contribution in [0.4, 0.5) is 10.1 Å². The molecule has 0 atom stereocenters. The van der Waals surface area contributed by atoms with Gasteiger partial charge in [0.2, 0.25) is 0 Å². The molecule has 18 heavy (non-hydrogen) atoms. The highest BCUT2D eigenvalue weighted by Gasteiger charge is 2.12. The van der Waals surface area contributed by atoms with Gasteiger partial charge >= 0.3 is 0 Å². The molecule has 2 nitrogen and oxygen atoms in total. The molecule has 0 aliphatic carbocycles. The van der Waals surface area contributed by atoms with Gasteiger partial charge in [-0.1, -0.05) is 22.0 Å². The number of amides is 1. The highest BCUT2D eigenvalue weighted by Crippen LogP contribution is 2.22. The maximum Gasteiger partial charge on any atom is 0.256 e. The van der Waals surface area contributed by atoms with E-state index in [0.29, 0.717) is 5.69 Å². The Morgan fingerprint density at radius 2 is 1.72 bits per heavy atom. The molecular formula is C13H8Br2FNO. The van der Waals surface area contributed by atoms with E-state index in [2.05, 4.69) is 37.2 Å². The molecule has 0 heterocycles. The molecule has 0 aromatic heterocycles.